The van der Waals surface area contributed by atoms with Crippen LogP contribution in [0.15, 0.2) is 36.4 Å². The summed E-state index contributed by atoms with van der Waals surface area (Å²) in [5.74, 6) is -1.33. The first-order chi connectivity index (χ1) is 12.8. The van der Waals surface area contributed by atoms with E-state index >= 15 is 0 Å². The Hall–Kier alpha value is -2.80. The number of anilines is 1. The number of nitrogens with one attached hydrogen (secondary N) is 1. The number of nitrogens with two attached hydrogens (primary N) is 1. The minimum atomic E-state index is -1.02. The van der Waals surface area contributed by atoms with Crippen LogP contribution in [-0.4, -0.2) is 31.6 Å². The highest BCUT2D eigenvalue weighted by molar-refractivity contribution is 6.33. The molecule has 1 amide bonds. The Morgan fingerprint density at radius 3 is 2.56 bits per heavy atom. The van der Waals surface area contributed by atoms with Gasteiger partial charge in [0, 0.05) is 12.6 Å². The predicted octanol–water partition coefficient (Wildman–Crippen LogP) is 2.97. The first-order valence-corrected chi connectivity index (χ1v) is 8.55. The van der Waals surface area contributed by atoms with Crippen molar-refractivity contribution in [3.63, 3.8) is 0 Å². The second kappa shape index (κ2) is 9.23. The van der Waals surface area contributed by atoms with Gasteiger partial charge in [-0.15, -0.1) is 0 Å². The molecule has 0 fully saturated rings. The smallest absolute Gasteiger partial charge is 0.342 e. The molecule has 27 heavy (non-hydrogen) atoms. The van der Waals surface area contributed by atoms with Crippen LogP contribution < -0.4 is 15.8 Å². The van der Waals surface area contributed by atoms with Gasteiger partial charge >= 0.3 is 5.97 Å². The van der Waals surface area contributed by atoms with Gasteiger partial charge in [-0.25, -0.2) is 9.18 Å². The maximum Gasteiger partial charge on any atom is 0.342 e. The lowest BCUT2D eigenvalue weighted by atomic mass is 10.1. The molecule has 1 atom stereocenters. The summed E-state index contributed by atoms with van der Waals surface area (Å²) < 4.78 is 23.1. The quantitative estimate of drug-likeness (QED) is 0.556. The van der Waals surface area contributed by atoms with Crippen molar-refractivity contribution in [2.45, 2.75) is 19.4 Å². The lowest BCUT2D eigenvalue weighted by Crippen LogP contribution is -2.37. The van der Waals surface area contributed by atoms with Crippen LogP contribution in [0.1, 0.15) is 22.8 Å². The summed E-state index contributed by atoms with van der Waals surface area (Å²) in [6.45, 7) is 1.78. The Kier molecular flexibility index (Phi) is 7.01. The van der Waals surface area contributed by atoms with E-state index in [1.54, 1.807) is 12.1 Å². The van der Waals surface area contributed by atoms with E-state index in [9.17, 15) is 14.0 Å². The third-order valence-electron chi connectivity index (χ3n) is 3.82. The van der Waals surface area contributed by atoms with E-state index in [1.807, 2.05) is 0 Å². The average molecular weight is 395 g/mol. The number of benzene rings is 2. The number of carbonyl (C=O) groups excluding carboxylic acids is 2. The number of methoxy groups -OCH3 is 1. The number of ether oxygens (including phenoxy) is 2. The van der Waals surface area contributed by atoms with Crippen LogP contribution in [0.4, 0.5) is 10.1 Å². The van der Waals surface area contributed by atoms with Gasteiger partial charge in [-0.2, -0.15) is 0 Å². The molecule has 0 saturated carbocycles. The molecular formula is C19H20ClFN2O4. The number of nitrogen functional groups attached to an aromatic ring is 1. The van der Waals surface area contributed by atoms with Crippen molar-refractivity contribution < 1.29 is 23.5 Å². The van der Waals surface area contributed by atoms with E-state index in [0.29, 0.717) is 13.0 Å². The zero-order chi connectivity index (χ0) is 20.0. The van der Waals surface area contributed by atoms with Crippen molar-refractivity contribution in [3.05, 3.63) is 58.4 Å². The molecule has 0 saturated heterocycles. The SMILES string of the molecule is COc1cc(N)c(Cl)cc1C(=O)O[C@@H](C)C(=O)NCCc1ccc(F)cc1. The third-order valence-corrected chi connectivity index (χ3v) is 4.15. The topological polar surface area (TPSA) is 90.7 Å². The van der Waals surface area contributed by atoms with Gasteiger partial charge in [0.05, 0.1) is 17.8 Å². The summed E-state index contributed by atoms with van der Waals surface area (Å²) in [5.41, 5.74) is 6.89. The van der Waals surface area contributed by atoms with Crippen LogP contribution in [0.3, 0.4) is 0 Å². The lowest BCUT2D eigenvalue weighted by Gasteiger charge is -2.15. The largest absolute Gasteiger partial charge is 0.496 e. The van der Waals surface area contributed by atoms with E-state index in [-0.39, 0.29) is 27.8 Å². The van der Waals surface area contributed by atoms with E-state index < -0.39 is 18.0 Å². The van der Waals surface area contributed by atoms with Crippen LogP contribution in [-0.2, 0) is 16.0 Å². The fourth-order valence-corrected chi connectivity index (χ4v) is 2.46. The molecule has 0 aliphatic rings. The molecule has 3 N–H and O–H groups in total. The van der Waals surface area contributed by atoms with Crippen LogP contribution in [0.2, 0.25) is 5.02 Å². The Labute approximate surface area is 161 Å². The zero-order valence-corrected chi connectivity index (χ0v) is 15.7. The second-order valence-corrected chi connectivity index (χ2v) is 6.20. The first kappa shape index (κ1) is 20.5. The van der Waals surface area contributed by atoms with E-state index in [1.165, 1.54) is 38.3 Å². The van der Waals surface area contributed by atoms with Crippen molar-refractivity contribution in [1.82, 2.24) is 5.32 Å². The van der Waals surface area contributed by atoms with Gasteiger partial charge in [0.1, 0.15) is 17.1 Å². The Morgan fingerprint density at radius 2 is 1.93 bits per heavy atom. The molecule has 0 spiro atoms. The van der Waals surface area contributed by atoms with Crippen molar-refractivity contribution in [2.75, 3.05) is 19.4 Å². The van der Waals surface area contributed by atoms with Gasteiger partial charge < -0.3 is 20.5 Å². The minimum absolute atomic E-state index is 0.0719. The summed E-state index contributed by atoms with van der Waals surface area (Å²) in [4.78, 5) is 24.4. The molecule has 0 heterocycles. The highest BCUT2D eigenvalue weighted by atomic mass is 35.5. The van der Waals surface area contributed by atoms with Crippen molar-refractivity contribution >= 4 is 29.2 Å². The van der Waals surface area contributed by atoms with Gasteiger partial charge in [0.2, 0.25) is 0 Å². The van der Waals surface area contributed by atoms with Gasteiger partial charge in [-0.05, 0) is 37.1 Å². The zero-order valence-electron chi connectivity index (χ0n) is 14.9. The Bertz CT molecular complexity index is 827. The third kappa shape index (κ3) is 5.59. The second-order valence-electron chi connectivity index (χ2n) is 5.79. The fraction of sp³-hybridized carbons (Fsp3) is 0.263. The molecule has 0 aliphatic carbocycles. The van der Waals surface area contributed by atoms with Gasteiger partial charge in [0.15, 0.2) is 6.10 Å². The molecule has 0 aromatic heterocycles. The van der Waals surface area contributed by atoms with Crippen LogP contribution in [0.25, 0.3) is 0 Å². The van der Waals surface area contributed by atoms with Crippen molar-refractivity contribution in [3.8, 4) is 5.75 Å². The molecule has 0 aliphatic heterocycles. The molecule has 144 valence electrons. The van der Waals surface area contributed by atoms with Crippen molar-refractivity contribution in [2.24, 2.45) is 0 Å². The average Bonchev–Trinajstić information content (AvgIpc) is 2.64. The van der Waals surface area contributed by atoms with Crippen molar-refractivity contribution in [1.29, 1.82) is 0 Å². The predicted molar refractivity (Wildman–Crippen MR) is 100 cm³/mol. The molecule has 6 nitrogen and oxygen atoms in total. The summed E-state index contributed by atoms with van der Waals surface area (Å²) in [6.07, 6.45) is -0.500. The molecule has 0 bridgehead atoms. The standard InChI is InChI=1S/C19H20ClFN2O4/c1-11(18(24)23-8-7-12-3-5-13(21)6-4-12)27-19(25)14-9-15(20)16(22)10-17(14)26-2/h3-6,9-11H,7-8,22H2,1-2H3,(H,23,24)/t11-/m0/s1. The van der Waals surface area contributed by atoms with Crippen LogP contribution in [0.5, 0.6) is 5.75 Å². The number of carbonyl (C=O) groups is 2. The molecular weight excluding hydrogens is 375 g/mol. The highest BCUT2D eigenvalue weighted by Crippen LogP contribution is 2.29. The number of halogens is 2. The monoisotopic (exact) mass is 394 g/mol. The first-order valence-electron chi connectivity index (χ1n) is 8.18. The lowest BCUT2D eigenvalue weighted by molar-refractivity contribution is -0.129. The number of rotatable bonds is 7. The van der Waals surface area contributed by atoms with Gasteiger partial charge in [-0.3, -0.25) is 4.79 Å². The maximum atomic E-state index is 12.9. The Morgan fingerprint density at radius 1 is 1.26 bits per heavy atom. The minimum Gasteiger partial charge on any atom is -0.496 e. The summed E-state index contributed by atoms with van der Waals surface area (Å²) in [7, 11) is 1.38. The molecule has 0 radical (unpaired) electrons. The highest BCUT2D eigenvalue weighted by Gasteiger charge is 2.22. The summed E-state index contributed by atoms with van der Waals surface area (Å²) >= 11 is 5.93. The normalized spacial score (nSPS) is 11.6. The summed E-state index contributed by atoms with van der Waals surface area (Å²) in [5, 5.41) is 2.84. The van der Waals surface area contributed by atoms with Gasteiger partial charge in [0.25, 0.3) is 5.91 Å². The molecule has 0 unspecified atom stereocenters. The molecule has 2 rings (SSSR count). The number of esters is 1. The van der Waals surface area contributed by atoms with E-state index in [0.717, 1.165) is 5.56 Å². The van der Waals surface area contributed by atoms with Crippen LogP contribution in [0, 0.1) is 5.82 Å². The summed E-state index contributed by atoms with van der Waals surface area (Å²) in [6, 6.07) is 8.73. The molecule has 2 aromatic rings. The van der Waals surface area contributed by atoms with E-state index in [4.69, 9.17) is 26.8 Å². The molecule has 8 heteroatoms. The van der Waals surface area contributed by atoms with E-state index in [2.05, 4.69) is 5.32 Å². The Balaban J connectivity index is 1.91. The fourth-order valence-electron chi connectivity index (χ4n) is 2.30. The number of hydrogen-bond acceptors (Lipinski definition) is 5. The maximum absolute atomic E-state index is 12.9. The van der Waals surface area contributed by atoms with Gasteiger partial charge in [-0.1, -0.05) is 23.7 Å². The molecule has 2 aromatic carbocycles. The van der Waals surface area contributed by atoms with Crippen LogP contribution >= 0.6 is 11.6 Å². The number of hydrogen-bond donors (Lipinski definition) is 2. The number of amides is 1.